The molecule has 6 rings (SSSR count). The van der Waals surface area contributed by atoms with Gasteiger partial charge < -0.3 is 24.6 Å². The Labute approximate surface area is 310 Å². The number of methoxy groups -OCH3 is 2. The van der Waals surface area contributed by atoms with Crippen LogP contribution in [0.5, 0.6) is 0 Å². The molecule has 14 heteroatoms. The first-order valence-electron chi connectivity index (χ1n) is 17.1. The van der Waals surface area contributed by atoms with Crippen LogP contribution in [0.15, 0.2) is 76.0 Å². The highest BCUT2D eigenvalue weighted by molar-refractivity contribution is 7.85. The van der Waals surface area contributed by atoms with Crippen molar-refractivity contribution in [3.8, 4) is 0 Å². The largest absolute Gasteiger partial charge is 0.466 e. The van der Waals surface area contributed by atoms with E-state index in [0.29, 0.717) is 37.1 Å². The van der Waals surface area contributed by atoms with Crippen LogP contribution in [0.1, 0.15) is 50.5 Å². The minimum Gasteiger partial charge on any atom is -0.466 e. The summed E-state index contributed by atoms with van der Waals surface area (Å²) in [4.78, 5) is 60.4. The number of ether oxygens (including phenoxy) is 2. The van der Waals surface area contributed by atoms with Crippen molar-refractivity contribution in [1.82, 2.24) is 20.0 Å². The Morgan fingerprint density at radius 1 is 0.804 bits per heavy atom. The number of halogens is 2. The van der Waals surface area contributed by atoms with E-state index in [1.54, 1.807) is 54.3 Å². The van der Waals surface area contributed by atoms with Crippen molar-refractivity contribution in [1.29, 1.82) is 0 Å². The lowest BCUT2D eigenvalue weighted by Gasteiger charge is -2.45. The minimum atomic E-state index is -1.63. The van der Waals surface area contributed by atoms with E-state index in [-0.39, 0.29) is 74.2 Å². The third kappa shape index (κ3) is 7.60. The number of nitrogens with zero attached hydrogens (tertiary/aromatic N) is 3. The lowest BCUT2D eigenvalue weighted by atomic mass is 9.79. The quantitative estimate of drug-likeness (QED) is 0.371. The summed E-state index contributed by atoms with van der Waals surface area (Å²) in [7, 11) is 0.803. The maximum atomic E-state index is 14.1. The van der Waals surface area contributed by atoms with E-state index in [9.17, 15) is 23.4 Å². The highest BCUT2D eigenvalue weighted by Gasteiger charge is 2.45. The summed E-state index contributed by atoms with van der Waals surface area (Å²) >= 11 is 13.4. The van der Waals surface area contributed by atoms with Gasteiger partial charge in [0.1, 0.15) is 0 Å². The van der Waals surface area contributed by atoms with E-state index in [1.165, 1.54) is 14.2 Å². The molecule has 2 aromatic rings. The SMILES string of the molecule is COC(=O)C1=C(CC(=O)N2CCN(C3CC4CCC(C3)N4C(C)=O)CC2)NC(C[S@](=O)c2ccccc2)=C(C(=O)OC)[C@H]1c1c(Cl)cccc1Cl. The van der Waals surface area contributed by atoms with Crippen LogP contribution >= 0.6 is 23.2 Å². The monoisotopic (exact) mass is 756 g/mol. The predicted octanol–water partition coefficient (Wildman–Crippen LogP) is 4.42. The lowest BCUT2D eigenvalue weighted by molar-refractivity contribution is -0.137. The Morgan fingerprint density at radius 3 is 1.92 bits per heavy atom. The Balaban J connectivity index is 1.30. The van der Waals surface area contributed by atoms with Crippen molar-refractivity contribution in [2.75, 3.05) is 46.2 Å². The summed E-state index contributed by atoms with van der Waals surface area (Å²) in [6.45, 7) is 4.03. The van der Waals surface area contributed by atoms with Crippen molar-refractivity contribution in [2.45, 2.75) is 68.0 Å². The number of dihydropyridines is 1. The molecule has 2 aromatic carbocycles. The molecule has 4 aliphatic heterocycles. The van der Waals surface area contributed by atoms with Gasteiger partial charge in [-0.05, 0) is 49.9 Å². The Hall–Kier alpha value is -3.71. The van der Waals surface area contributed by atoms with E-state index < -0.39 is 28.7 Å². The van der Waals surface area contributed by atoms with Crippen LogP contribution in [-0.4, -0.2) is 107 Å². The van der Waals surface area contributed by atoms with Crippen LogP contribution in [0.4, 0.5) is 0 Å². The van der Waals surface area contributed by atoms with Gasteiger partial charge in [-0.3, -0.25) is 18.7 Å². The third-order valence-corrected chi connectivity index (χ3v) is 12.5. The molecule has 1 N–H and O–H groups in total. The molecule has 4 aliphatic rings. The molecule has 3 fully saturated rings. The second kappa shape index (κ2) is 15.9. The number of nitrogens with one attached hydrogen (secondary N) is 1. The molecule has 51 heavy (non-hydrogen) atoms. The van der Waals surface area contributed by atoms with Crippen molar-refractivity contribution in [2.24, 2.45) is 0 Å². The van der Waals surface area contributed by atoms with Crippen LogP contribution in [-0.2, 0) is 39.5 Å². The molecule has 4 heterocycles. The fourth-order valence-electron chi connectivity index (χ4n) is 8.19. The van der Waals surface area contributed by atoms with Crippen molar-refractivity contribution in [3.63, 3.8) is 0 Å². The maximum Gasteiger partial charge on any atom is 0.336 e. The molecule has 272 valence electrons. The van der Waals surface area contributed by atoms with Crippen molar-refractivity contribution in [3.05, 3.63) is 86.7 Å². The van der Waals surface area contributed by atoms with Crippen LogP contribution in [0, 0.1) is 0 Å². The molecule has 0 saturated carbocycles. The van der Waals surface area contributed by atoms with E-state index in [4.69, 9.17) is 32.7 Å². The van der Waals surface area contributed by atoms with Gasteiger partial charge in [0.15, 0.2) is 0 Å². The summed E-state index contributed by atoms with van der Waals surface area (Å²) in [6, 6.07) is 14.5. The summed E-state index contributed by atoms with van der Waals surface area (Å²) in [5, 5.41) is 3.54. The standard InChI is InChI=1S/C37H42Cl2N4O7S/c1-22(44)43-23-12-13-24(43)19-25(18-23)41-14-16-42(17-15-41)31(45)20-29-33(36(46)49-2)35(32-27(38)10-7-11-28(32)39)34(37(47)50-3)30(40-29)21-51(48)26-8-5-4-6-9-26/h4-11,23-25,35,40H,12-21H2,1-3H3/t23?,24?,25?,35-,51-/m0/s1. The van der Waals surface area contributed by atoms with Gasteiger partial charge in [0.2, 0.25) is 11.8 Å². The van der Waals surface area contributed by atoms with Gasteiger partial charge in [-0.25, -0.2) is 9.59 Å². The first-order chi connectivity index (χ1) is 24.5. The fraction of sp³-hybridized carbons (Fsp3) is 0.459. The average Bonchev–Trinajstić information content (AvgIpc) is 3.41. The van der Waals surface area contributed by atoms with Gasteiger partial charge in [-0.2, -0.15) is 0 Å². The smallest absolute Gasteiger partial charge is 0.336 e. The summed E-state index contributed by atoms with van der Waals surface area (Å²) < 4.78 is 24.1. The van der Waals surface area contributed by atoms with Gasteiger partial charge in [0.05, 0.1) is 54.3 Å². The van der Waals surface area contributed by atoms with Crippen molar-refractivity contribution < 1.29 is 32.9 Å². The molecule has 4 atom stereocenters. The number of carbonyl (C=O) groups is 4. The third-order valence-electron chi connectivity index (χ3n) is 10.5. The van der Waals surface area contributed by atoms with Gasteiger partial charge in [-0.15, -0.1) is 0 Å². The zero-order chi connectivity index (χ0) is 36.4. The lowest BCUT2D eigenvalue weighted by Crippen LogP contribution is -2.57. The molecular weight excluding hydrogens is 715 g/mol. The second-order valence-corrected chi connectivity index (χ2v) is 15.6. The highest BCUT2D eigenvalue weighted by atomic mass is 35.5. The van der Waals surface area contributed by atoms with Gasteiger partial charge in [0, 0.05) is 83.1 Å². The second-order valence-electron chi connectivity index (χ2n) is 13.3. The van der Waals surface area contributed by atoms with E-state index >= 15 is 0 Å². The van der Waals surface area contributed by atoms with Crippen LogP contribution < -0.4 is 5.32 Å². The number of benzene rings is 2. The number of piperazine rings is 1. The molecule has 11 nitrogen and oxygen atoms in total. The summed E-state index contributed by atoms with van der Waals surface area (Å²) in [5.74, 6) is -2.98. The normalized spacial score (nSPS) is 24.3. The van der Waals surface area contributed by atoms with E-state index in [2.05, 4.69) is 15.1 Å². The van der Waals surface area contributed by atoms with Gasteiger partial charge in [-0.1, -0.05) is 47.5 Å². The summed E-state index contributed by atoms with van der Waals surface area (Å²) in [5.41, 5.74) is 0.663. The fourth-order valence-corrected chi connectivity index (χ4v) is 9.92. The van der Waals surface area contributed by atoms with Crippen LogP contribution in [0.2, 0.25) is 10.0 Å². The Bertz CT molecular complexity index is 1760. The van der Waals surface area contributed by atoms with Crippen LogP contribution in [0.25, 0.3) is 0 Å². The molecular formula is C37H42Cl2N4O7S. The summed E-state index contributed by atoms with van der Waals surface area (Å²) in [6.07, 6.45) is 3.74. The van der Waals surface area contributed by atoms with Crippen molar-refractivity contribution >= 4 is 57.8 Å². The highest BCUT2D eigenvalue weighted by Crippen LogP contribution is 2.46. The van der Waals surface area contributed by atoms with Crippen LogP contribution in [0.3, 0.4) is 0 Å². The maximum absolute atomic E-state index is 14.1. The zero-order valence-electron chi connectivity index (χ0n) is 28.9. The number of piperidine rings is 1. The van der Waals surface area contributed by atoms with Gasteiger partial charge in [0.25, 0.3) is 0 Å². The molecule has 3 saturated heterocycles. The number of carbonyl (C=O) groups excluding carboxylic acids is 4. The number of rotatable bonds is 9. The molecule has 0 radical (unpaired) electrons. The molecule has 2 bridgehead atoms. The molecule has 0 spiro atoms. The molecule has 0 aromatic heterocycles. The number of hydrogen-bond acceptors (Lipinski definition) is 9. The van der Waals surface area contributed by atoms with Gasteiger partial charge >= 0.3 is 11.9 Å². The minimum absolute atomic E-state index is 0.00761. The topological polar surface area (TPSA) is 126 Å². The Kier molecular flexibility index (Phi) is 11.5. The first kappa shape index (κ1) is 37.1. The zero-order valence-corrected chi connectivity index (χ0v) is 31.2. The number of amides is 2. The number of fused-ring (bicyclic) bond motifs is 2. The first-order valence-corrected chi connectivity index (χ1v) is 19.2. The molecule has 2 amide bonds. The van der Waals surface area contributed by atoms with E-state index in [0.717, 1.165) is 25.7 Å². The number of esters is 2. The Morgan fingerprint density at radius 2 is 1.37 bits per heavy atom. The molecule has 2 unspecified atom stereocenters. The predicted molar refractivity (Wildman–Crippen MR) is 193 cm³/mol. The average molecular weight is 758 g/mol. The molecule has 0 aliphatic carbocycles. The number of hydrogen-bond donors (Lipinski definition) is 1. The van der Waals surface area contributed by atoms with E-state index in [1.807, 2.05) is 6.07 Å².